The normalized spacial score (nSPS) is 27.1. The van der Waals surface area contributed by atoms with E-state index in [0.717, 1.165) is 18.2 Å². The number of rotatable bonds is 3. The third-order valence-corrected chi connectivity index (χ3v) is 7.71. The second kappa shape index (κ2) is 6.30. The number of benzene rings is 2. The lowest BCUT2D eigenvalue weighted by Gasteiger charge is -2.40. The van der Waals surface area contributed by atoms with Crippen LogP contribution in [0.25, 0.3) is 0 Å². The van der Waals surface area contributed by atoms with Crippen LogP contribution in [0.4, 0.5) is 8.78 Å². The van der Waals surface area contributed by atoms with E-state index in [4.69, 9.17) is 10.5 Å². The van der Waals surface area contributed by atoms with Crippen LogP contribution in [-0.2, 0) is 20.1 Å². The van der Waals surface area contributed by atoms with Gasteiger partial charge in [-0.15, -0.1) is 0 Å². The van der Waals surface area contributed by atoms with E-state index in [9.17, 15) is 17.2 Å². The third-order valence-electron chi connectivity index (χ3n) is 5.08. The van der Waals surface area contributed by atoms with Crippen LogP contribution < -0.4 is 10.5 Å². The smallest absolute Gasteiger partial charge is 0.169 e. The van der Waals surface area contributed by atoms with Crippen molar-refractivity contribution in [3.8, 4) is 5.75 Å². The van der Waals surface area contributed by atoms with E-state index >= 15 is 0 Å². The number of hydrogen-bond donors (Lipinski definition) is 1. The van der Waals surface area contributed by atoms with E-state index in [1.807, 2.05) is 0 Å². The Morgan fingerprint density at radius 2 is 1.85 bits per heavy atom. The summed E-state index contributed by atoms with van der Waals surface area (Å²) in [4.78, 5) is 4.33. The number of methoxy groups -OCH3 is 1. The predicted octanol–water partition coefficient (Wildman–Crippen LogP) is 2.89. The topological polar surface area (TPSA) is 81.8 Å². The molecule has 1 aliphatic rings. The van der Waals surface area contributed by atoms with Gasteiger partial charge in [0.25, 0.3) is 0 Å². The molecule has 144 valence electrons. The first-order valence-electron chi connectivity index (χ1n) is 8.22. The van der Waals surface area contributed by atoms with Crippen molar-refractivity contribution in [3.05, 3.63) is 65.2 Å². The second-order valence-electron chi connectivity index (χ2n) is 6.92. The van der Waals surface area contributed by atoms with E-state index in [1.165, 1.54) is 21.0 Å². The van der Waals surface area contributed by atoms with Gasteiger partial charge in [0.05, 0.1) is 12.9 Å². The van der Waals surface area contributed by atoms with Gasteiger partial charge in [-0.25, -0.2) is 17.2 Å². The first-order valence-corrected chi connectivity index (χ1v) is 9.87. The molecule has 0 saturated carbocycles. The van der Waals surface area contributed by atoms with Crippen molar-refractivity contribution in [3.63, 3.8) is 0 Å². The highest BCUT2D eigenvalue weighted by molar-refractivity contribution is 7.93. The Bertz CT molecular complexity index is 1040. The molecule has 2 aromatic carbocycles. The minimum atomic E-state index is -3.94. The zero-order valence-corrected chi connectivity index (χ0v) is 16.0. The molecule has 0 spiro atoms. The van der Waals surface area contributed by atoms with Crippen molar-refractivity contribution in [1.29, 1.82) is 0 Å². The average molecular weight is 394 g/mol. The fraction of sp³-hybridized carbons (Fsp3) is 0.316. The molecule has 0 aliphatic carbocycles. The summed E-state index contributed by atoms with van der Waals surface area (Å²) in [5.74, 6) is -1.65. The van der Waals surface area contributed by atoms with Crippen LogP contribution in [0.15, 0.2) is 47.5 Å². The predicted molar refractivity (Wildman–Crippen MR) is 99.5 cm³/mol. The van der Waals surface area contributed by atoms with Gasteiger partial charge >= 0.3 is 0 Å². The molecule has 2 atom stereocenters. The number of nitrogens with two attached hydrogens (primary N) is 1. The van der Waals surface area contributed by atoms with Crippen LogP contribution in [0.5, 0.6) is 5.75 Å². The zero-order valence-electron chi connectivity index (χ0n) is 15.2. The fourth-order valence-electron chi connectivity index (χ4n) is 3.37. The minimum absolute atomic E-state index is 0.151. The van der Waals surface area contributed by atoms with Crippen molar-refractivity contribution in [2.24, 2.45) is 10.7 Å². The van der Waals surface area contributed by atoms with Crippen molar-refractivity contribution < 1.29 is 21.9 Å². The third kappa shape index (κ3) is 2.97. The number of hydrogen-bond acceptors (Lipinski definition) is 5. The SMILES string of the molecule is COc1cccc(C2(C)C(N)=NC(C)(c3cc(F)ccc3F)CS2(=O)=O)c1. The standard InChI is InChI=1S/C19H20F2N2O3S/c1-18(15-10-13(20)7-8-16(15)21)11-27(24,25)19(2,17(22)23-18)12-5-4-6-14(9-12)26-3/h4-10H,11H2,1-3H3,(H2,22,23). The van der Waals surface area contributed by atoms with Crippen LogP contribution >= 0.6 is 0 Å². The quantitative estimate of drug-likeness (QED) is 0.868. The van der Waals surface area contributed by atoms with Crippen LogP contribution in [0, 0.1) is 11.6 Å². The zero-order chi connectivity index (χ0) is 20.0. The first-order chi connectivity index (χ1) is 12.5. The molecule has 0 radical (unpaired) electrons. The Hall–Kier alpha value is -2.48. The summed E-state index contributed by atoms with van der Waals surface area (Å²) >= 11 is 0. The maximum Gasteiger partial charge on any atom is 0.169 e. The van der Waals surface area contributed by atoms with E-state index in [-0.39, 0.29) is 11.4 Å². The summed E-state index contributed by atoms with van der Waals surface area (Å²) in [6, 6.07) is 9.40. The van der Waals surface area contributed by atoms with Gasteiger partial charge in [0.2, 0.25) is 0 Å². The molecular formula is C19H20F2N2O3S. The lowest BCUT2D eigenvalue weighted by Crippen LogP contribution is -2.54. The highest BCUT2D eigenvalue weighted by Crippen LogP contribution is 2.43. The molecule has 2 unspecified atom stereocenters. The number of amidine groups is 1. The molecule has 0 amide bonds. The van der Waals surface area contributed by atoms with Crippen LogP contribution in [0.1, 0.15) is 25.0 Å². The first kappa shape index (κ1) is 19.3. The van der Waals surface area contributed by atoms with E-state index in [0.29, 0.717) is 11.3 Å². The maximum atomic E-state index is 14.3. The maximum absolute atomic E-state index is 14.3. The van der Waals surface area contributed by atoms with Gasteiger partial charge in [-0.2, -0.15) is 0 Å². The lowest BCUT2D eigenvalue weighted by molar-refractivity contribution is 0.413. The highest BCUT2D eigenvalue weighted by Gasteiger charge is 2.53. The van der Waals surface area contributed by atoms with Crippen LogP contribution in [0.3, 0.4) is 0 Å². The summed E-state index contributed by atoms with van der Waals surface area (Å²) in [5.41, 5.74) is 4.84. The molecule has 0 bridgehead atoms. The van der Waals surface area contributed by atoms with E-state index in [2.05, 4.69) is 4.99 Å². The highest BCUT2D eigenvalue weighted by atomic mass is 32.2. The van der Waals surface area contributed by atoms with Gasteiger partial charge in [0, 0.05) is 5.56 Å². The largest absolute Gasteiger partial charge is 0.497 e. The van der Waals surface area contributed by atoms with Crippen molar-refractivity contribution in [2.45, 2.75) is 24.1 Å². The summed E-state index contributed by atoms with van der Waals surface area (Å²) < 4.78 is 58.1. The number of halogens is 2. The molecule has 0 saturated heterocycles. The van der Waals surface area contributed by atoms with Gasteiger partial charge in [-0.05, 0) is 49.7 Å². The molecule has 8 heteroatoms. The van der Waals surface area contributed by atoms with E-state index < -0.39 is 37.5 Å². The minimum Gasteiger partial charge on any atom is -0.497 e. The molecule has 27 heavy (non-hydrogen) atoms. The molecule has 1 aliphatic heterocycles. The van der Waals surface area contributed by atoms with Gasteiger partial charge in [-0.1, -0.05) is 12.1 Å². The summed E-state index contributed by atoms with van der Waals surface area (Å²) in [5, 5.41) is 0. The number of sulfone groups is 1. The van der Waals surface area contributed by atoms with E-state index in [1.54, 1.807) is 24.3 Å². The van der Waals surface area contributed by atoms with Crippen LogP contribution in [-0.4, -0.2) is 27.1 Å². The number of nitrogens with zero attached hydrogens (tertiary/aromatic N) is 1. The molecule has 0 aromatic heterocycles. The van der Waals surface area contributed by atoms with Crippen molar-refractivity contribution >= 4 is 15.7 Å². The Labute approximate surface area is 156 Å². The lowest BCUT2D eigenvalue weighted by atomic mass is 9.91. The van der Waals surface area contributed by atoms with Crippen LogP contribution in [0.2, 0.25) is 0 Å². The second-order valence-corrected chi connectivity index (χ2v) is 9.25. The van der Waals surface area contributed by atoms with Crippen molar-refractivity contribution in [1.82, 2.24) is 0 Å². The summed E-state index contributed by atoms with van der Waals surface area (Å²) in [6.45, 7) is 2.89. The Kier molecular flexibility index (Phi) is 4.50. The molecule has 2 N–H and O–H groups in total. The van der Waals surface area contributed by atoms with Gasteiger partial charge in [0.1, 0.15) is 28.8 Å². The summed E-state index contributed by atoms with van der Waals surface area (Å²) in [7, 11) is -2.47. The Morgan fingerprint density at radius 1 is 1.15 bits per heavy atom. The molecular weight excluding hydrogens is 374 g/mol. The Morgan fingerprint density at radius 3 is 2.48 bits per heavy atom. The molecule has 0 fully saturated rings. The van der Waals surface area contributed by atoms with Gasteiger partial charge in [-0.3, -0.25) is 4.99 Å². The molecule has 5 nitrogen and oxygen atoms in total. The van der Waals surface area contributed by atoms with Gasteiger partial charge in [0.15, 0.2) is 14.6 Å². The summed E-state index contributed by atoms with van der Waals surface area (Å²) in [6.07, 6.45) is 0. The monoisotopic (exact) mass is 394 g/mol. The Balaban J connectivity index is 2.22. The molecule has 2 aromatic rings. The average Bonchev–Trinajstić information content (AvgIpc) is 2.61. The molecule has 1 heterocycles. The number of ether oxygens (including phenoxy) is 1. The van der Waals surface area contributed by atoms with Crippen molar-refractivity contribution in [2.75, 3.05) is 12.9 Å². The fourth-order valence-corrected chi connectivity index (χ4v) is 5.47. The number of aliphatic imine (C=N–C) groups is 1. The molecule has 3 rings (SSSR count). The van der Waals surface area contributed by atoms with Gasteiger partial charge < -0.3 is 10.5 Å².